The maximum Gasteiger partial charge on any atom is 0.410 e. The van der Waals surface area contributed by atoms with Crippen LogP contribution in [0.15, 0.2) is 24.4 Å². The van der Waals surface area contributed by atoms with E-state index in [0.29, 0.717) is 55.4 Å². The van der Waals surface area contributed by atoms with Crippen molar-refractivity contribution in [1.29, 1.82) is 0 Å². The number of hydrogen-bond acceptors (Lipinski definition) is 9. The number of carbonyl (C=O) groups excluding carboxylic acids is 1. The molecule has 1 aliphatic heterocycles. The Hall–Kier alpha value is -3.27. The smallest absolute Gasteiger partial charge is 0.410 e. The summed E-state index contributed by atoms with van der Waals surface area (Å²) in [6.45, 7) is 6.99. The number of likely N-dealkylation sites (tertiary alicyclic amines) is 1. The first kappa shape index (κ1) is 23.4. The zero-order valence-corrected chi connectivity index (χ0v) is 18.7. The molecule has 174 valence electrons. The SMILES string of the molecule is Cc1nc(NCCO)ccc1Nc1nccc(OC2CCN(C(=O)OC(C)C)CC2)c1O. The lowest BCUT2D eigenvalue weighted by Crippen LogP contribution is -2.42. The molecule has 0 radical (unpaired) electrons. The maximum absolute atomic E-state index is 12.0. The van der Waals surface area contributed by atoms with Gasteiger partial charge in [-0.15, -0.1) is 0 Å². The highest BCUT2D eigenvalue weighted by atomic mass is 16.6. The van der Waals surface area contributed by atoms with Gasteiger partial charge in [0.1, 0.15) is 11.9 Å². The predicted octanol–water partition coefficient (Wildman–Crippen LogP) is 3.03. The summed E-state index contributed by atoms with van der Waals surface area (Å²) in [5, 5.41) is 25.7. The van der Waals surface area contributed by atoms with Crippen LogP contribution in [0.25, 0.3) is 0 Å². The standard InChI is InChI=1S/C22H31N5O5/c1-14(2)31-22(30)27-11-7-16(8-12-27)32-18-6-9-24-21(20(18)29)26-17-4-5-19(23-10-13-28)25-15(17)3/h4-6,9,14,16,28-29H,7-8,10-13H2,1-3H3,(H,23,25)(H,24,26). The number of piperidine rings is 1. The van der Waals surface area contributed by atoms with E-state index in [9.17, 15) is 9.90 Å². The van der Waals surface area contributed by atoms with Crippen molar-refractivity contribution in [3.05, 3.63) is 30.1 Å². The Balaban J connectivity index is 1.61. The molecule has 32 heavy (non-hydrogen) atoms. The van der Waals surface area contributed by atoms with Crippen LogP contribution in [0.3, 0.4) is 0 Å². The number of aromatic nitrogens is 2. The van der Waals surface area contributed by atoms with Gasteiger partial charge < -0.3 is 35.2 Å². The second kappa shape index (κ2) is 10.9. The molecule has 1 fully saturated rings. The van der Waals surface area contributed by atoms with Crippen molar-refractivity contribution in [2.45, 2.75) is 45.8 Å². The first-order valence-corrected chi connectivity index (χ1v) is 10.8. The highest BCUT2D eigenvalue weighted by Crippen LogP contribution is 2.35. The second-order valence-electron chi connectivity index (χ2n) is 7.85. The molecule has 1 saturated heterocycles. The van der Waals surface area contributed by atoms with Crippen LogP contribution in [0.1, 0.15) is 32.4 Å². The molecule has 0 unspecified atom stereocenters. The Morgan fingerprint density at radius 1 is 1.28 bits per heavy atom. The van der Waals surface area contributed by atoms with Gasteiger partial charge >= 0.3 is 6.09 Å². The normalized spacial score (nSPS) is 14.3. The lowest BCUT2D eigenvalue weighted by atomic mass is 10.1. The number of aromatic hydroxyl groups is 1. The van der Waals surface area contributed by atoms with E-state index in [1.165, 1.54) is 0 Å². The summed E-state index contributed by atoms with van der Waals surface area (Å²) in [6.07, 6.45) is 2.26. The van der Waals surface area contributed by atoms with Gasteiger partial charge in [0.15, 0.2) is 11.6 Å². The first-order valence-electron chi connectivity index (χ1n) is 10.8. The maximum atomic E-state index is 12.0. The van der Waals surface area contributed by atoms with Crippen molar-refractivity contribution in [3.8, 4) is 11.5 Å². The summed E-state index contributed by atoms with van der Waals surface area (Å²) in [6, 6.07) is 5.22. The van der Waals surface area contributed by atoms with Gasteiger partial charge in [0.25, 0.3) is 0 Å². The van der Waals surface area contributed by atoms with Gasteiger partial charge in [-0.1, -0.05) is 0 Å². The molecule has 3 rings (SSSR count). The summed E-state index contributed by atoms with van der Waals surface area (Å²) in [5.41, 5.74) is 1.40. The average Bonchev–Trinajstić information content (AvgIpc) is 2.76. The summed E-state index contributed by atoms with van der Waals surface area (Å²) < 4.78 is 11.2. The first-order chi connectivity index (χ1) is 15.4. The van der Waals surface area contributed by atoms with E-state index < -0.39 is 0 Å². The fourth-order valence-corrected chi connectivity index (χ4v) is 3.34. The number of hydrogen-bond donors (Lipinski definition) is 4. The van der Waals surface area contributed by atoms with Crippen LogP contribution < -0.4 is 15.4 Å². The fraction of sp³-hybridized carbons (Fsp3) is 0.500. The molecule has 2 aromatic heterocycles. The number of anilines is 3. The number of nitrogens with one attached hydrogen (secondary N) is 2. The third kappa shape index (κ3) is 6.13. The van der Waals surface area contributed by atoms with Gasteiger partial charge in [0.05, 0.1) is 24.1 Å². The molecule has 0 bridgehead atoms. The minimum Gasteiger partial charge on any atom is -0.502 e. The van der Waals surface area contributed by atoms with E-state index >= 15 is 0 Å². The lowest BCUT2D eigenvalue weighted by Gasteiger charge is -2.32. The van der Waals surface area contributed by atoms with Gasteiger partial charge in [-0.3, -0.25) is 0 Å². The number of rotatable bonds is 8. The van der Waals surface area contributed by atoms with E-state index in [0.717, 1.165) is 0 Å². The van der Waals surface area contributed by atoms with Crippen LogP contribution in [-0.2, 0) is 4.74 Å². The third-order valence-electron chi connectivity index (χ3n) is 4.97. The number of pyridine rings is 2. The molecular formula is C22H31N5O5. The molecule has 10 nitrogen and oxygen atoms in total. The van der Waals surface area contributed by atoms with Crippen LogP contribution >= 0.6 is 0 Å². The van der Waals surface area contributed by atoms with Gasteiger partial charge in [-0.05, 0) is 32.9 Å². The van der Waals surface area contributed by atoms with E-state index in [1.54, 1.807) is 23.2 Å². The van der Waals surface area contributed by atoms with Crippen LogP contribution in [0, 0.1) is 6.92 Å². The number of amides is 1. The Morgan fingerprint density at radius 3 is 2.69 bits per heavy atom. The minimum atomic E-state index is -0.307. The number of carbonyl (C=O) groups is 1. The minimum absolute atomic E-state index is 0.0202. The molecule has 0 atom stereocenters. The molecule has 2 aromatic rings. The Morgan fingerprint density at radius 2 is 2.03 bits per heavy atom. The average molecular weight is 446 g/mol. The van der Waals surface area contributed by atoms with E-state index in [4.69, 9.17) is 14.6 Å². The Kier molecular flexibility index (Phi) is 7.93. The van der Waals surface area contributed by atoms with Crippen molar-refractivity contribution in [2.24, 2.45) is 0 Å². The molecule has 0 saturated carbocycles. The van der Waals surface area contributed by atoms with Gasteiger partial charge in [-0.2, -0.15) is 0 Å². The molecule has 4 N–H and O–H groups in total. The Labute approximate surface area is 187 Å². The van der Waals surface area contributed by atoms with Crippen LogP contribution in [-0.4, -0.2) is 69.6 Å². The number of aryl methyl sites for hydroxylation is 1. The molecule has 10 heteroatoms. The van der Waals surface area contributed by atoms with Crippen LogP contribution in [0.5, 0.6) is 11.5 Å². The molecule has 3 heterocycles. The highest BCUT2D eigenvalue weighted by Gasteiger charge is 2.26. The molecule has 0 aromatic carbocycles. The van der Waals surface area contributed by atoms with Crippen LogP contribution in [0.4, 0.5) is 22.1 Å². The summed E-state index contributed by atoms with van der Waals surface area (Å²) in [7, 11) is 0. The number of aliphatic hydroxyl groups excluding tert-OH is 1. The largest absolute Gasteiger partial charge is 0.502 e. The highest BCUT2D eigenvalue weighted by molar-refractivity contribution is 5.68. The van der Waals surface area contributed by atoms with E-state index in [-0.39, 0.29) is 36.5 Å². The second-order valence-corrected chi connectivity index (χ2v) is 7.85. The third-order valence-corrected chi connectivity index (χ3v) is 4.97. The zero-order valence-electron chi connectivity index (χ0n) is 18.7. The molecule has 1 aliphatic rings. The van der Waals surface area contributed by atoms with Gasteiger partial charge in [0, 0.05) is 44.7 Å². The van der Waals surface area contributed by atoms with Crippen molar-refractivity contribution in [3.63, 3.8) is 0 Å². The molecule has 0 aliphatic carbocycles. The quantitative estimate of drug-likeness (QED) is 0.484. The molecular weight excluding hydrogens is 414 g/mol. The summed E-state index contributed by atoms with van der Waals surface area (Å²) >= 11 is 0. The van der Waals surface area contributed by atoms with Gasteiger partial charge in [0.2, 0.25) is 5.75 Å². The van der Waals surface area contributed by atoms with E-state index in [1.807, 2.05) is 26.8 Å². The van der Waals surface area contributed by atoms with Crippen molar-refractivity contribution >= 4 is 23.4 Å². The molecule has 1 amide bonds. The lowest BCUT2D eigenvalue weighted by molar-refractivity contribution is 0.0511. The monoisotopic (exact) mass is 445 g/mol. The fourth-order valence-electron chi connectivity index (χ4n) is 3.34. The van der Waals surface area contributed by atoms with Gasteiger partial charge in [-0.25, -0.2) is 14.8 Å². The van der Waals surface area contributed by atoms with Crippen molar-refractivity contribution in [2.75, 3.05) is 36.9 Å². The summed E-state index contributed by atoms with van der Waals surface area (Å²) in [4.78, 5) is 22.3. The number of ether oxygens (including phenoxy) is 2. The topological polar surface area (TPSA) is 129 Å². The summed E-state index contributed by atoms with van der Waals surface area (Å²) in [5.74, 6) is 1.16. The number of aliphatic hydroxyl groups is 1. The molecule has 0 spiro atoms. The van der Waals surface area contributed by atoms with Crippen molar-refractivity contribution in [1.82, 2.24) is 14.9 Å². The van der Waals surface area contributed by atoms with E-state index in [2.05, 4.69) is 20.6 Å². The number of nitrogens with zero attached hydrogens (tertiary/aromatic N) is 3. The zero-order chi connectivity index (χ0) is 23.1. The predicted molar refractivity (Wildman–Crippen MR) is 121 cm³/mol. The van der Waals surface area contributed by atoms with Crippen molar-refractivity contribution < 1.29 is 24.5 Å². The van der Waals surface area contributed by atoms with Crippen LogP contribution in [0.2, 0.25) is 0 Å². The Bertz CT molecular complexity index is 916.